The summed E-state index contributed by atoms with van der Waals surface area (Å²) in [6, 6.07) is 0.591. The molecule has 1 fully saturated rings. The van der Waals surface area contributed by atoms with E-state index in [9.17, 15) is 5.11 Å². The van der Waals surface area contributed by atoms with Gasteiger partial charge in [0.2, 0.25) is 0 Å². The Hall–Kier alpha value is -0.200. The Morgan fingerprint density at radius 1 is 1.25 bits per heavy atom. The smallest absolute Gasteiger partial charge is 0.0700 e. The summed E-state index contributed by atoms with van der Waals surface area (Å²) in [6.07, 6.45) is 4.30. The molecule has 1 rings (SSSR count). The summed E-state index contributed by atoms with van der Waals surface area (Å²) in [6.45, 7) is 6.95. The van der Waals surface area contributed by atoms with Gasteiger partial charge in [0.05, 0.1) is 25.9 Å². The quantitative estimate of drug-likeness (QED) is 0.501. The fourth-order valence-electron chi connectivity index (χ4n) is 2.27. The molecule has 5 heteroatoms. The number of hydrogen-bond donors (Lipinski definition) is 2. The van der Waals surface area contributed by atoms with Crippen LogP contribution in [-0.2, 0) is 14.2 Å². The molecular weight excluding hydrogens is 258 g/mol. The predicted molar refractivity (Wildman–Crippen MR) is 79.0 cm³/mol. The van der Waals surface area contributed by atoms with Gasteiger partial charge in [0.25, 0.3) is 0 Å². The molecule has 0 saturated heterocycles. The van der Waals surface area contributed by atoms with Gasteiger partial charge in [-0.25, -0.2) is 0 Å². The molecule has 20 heavy (non-hydrogen) atoms. The second-order valence-corrected chi connectivity index (χ2v) is 5.98. The standard InChI is InChI=1S/C15H31NO4/c1-13(20-8-4-7-19-10-9-18-3)11-15(2,12-17)16-14-5-6-14/h13-14,16-17H,4-12H2,1-3H3. The molecule has 0 aliphatic heterocycles. The Labute approximate surface area is 123 Å². The molecule has 0 radical (unpaired) electrons. The molecule has 1 aliphatic rings. The second kappa shape index (κ2) is 9.68. The van der Waals surface area contributed by atoms with Crippen molar-refractivity contribution >= 4 is 0 Å². The fraction of sp³-hybridized carbons (Fsp3) is 1.00. The average molecular weight is 289 g/mol. The van der Waals surface area contributed by atoms with Gasteiger partial charge in [0.15, 0.2) is 0 Å². The minimum Gasteiger partial charge on any atom is -0.394 e. The molecule has 0 heterocycles. The number of aliphatic hydroxyl groups excluding tert-OH is 1. The van der Waals surface area contributed by atoms with Crippen LogP contribution in [-0.4, -0.2) is 62.9 Å². The highest BCUT2D eigenvalue weighted by molar-refractivity contribution is 4.93. The maximum absolute atomic E-state index is 9.55. The van der Waals surface area contributed by atoms with Gasteiger partial charge in [0, 0.05) is 31.9 Å². The van der Waals surface area contributed by atoms with Crippen LogP contribution in [0.4, 0.5) is 0 Å². The number of ether oxygens (including phenoxy) is 3. The maximum atomic E-state index is 9.55. The van der Waals surface area contributed by atoms with E-state index in [1.807, 2.05) is 0 Å². The van der Waals surface area contributed by atoms with E-state index >= 15 is 0 Å². The Bertz CT molecular complexity index is 248. The first-order valence-corrected chi connectivity index (χ1v) is 7.66. The largest absolute Gasteiger partial charge is 0.394 e. The van der Waals surface area contributed by atoms with Crippen molar-refractivity contribution in [1.82, 2.24) is 5.32 Å². The van der Waals surface area contributed by atoms with Crippen LogP contribution < -0.4 is 5.32 Å². The molecule has 1 saturated carbocycles. The van der Waals surface area contributed by atoms with Crippen molar-refractivity contribution in [2.24, 2.45) is 0 Å². The third-order valence-electron chi connectivity index (χ3n) is 3.48. The van der Waals surface area contributed by atoms with E-state index in [0.717, 1.165) is 12.8 Å². The minimum absolute atomic E-state index is 0.136. The number of rotatable bonds is 13. The van der Waals surface area contributed by atoms with Gasteiger partial charge in [-0.15, -0.1) is 0 Å². The van der Waals surface area contributed by atoms with Crippen LogP contribution in [0.15, 0.2) is 0 Å². The van der Waals surface area contributed by atoms with E-state index in [1.165, 1.54) is 12.8 Å². The Balaban J connectivity index is 2.04. The van der Waals surface area contributed by atoms with Crippen LogP contribution >= 0.6 is 0 Å². The monoisotopic (exact) mass is 289 g/mol. The first-order chi connectivity index (χ1) is 9.59. The van der Waals surface area contributed by atoms with Crippen molar-refractivity contribution in [3.63, 3.8) is 0 Å². The highest BCUT2D eigenvalue weighted by Gasteiger charge is 2.33. The van der Waals surface area contributed by atoms with Gasteiger partial charge in [0.1, 0.15) is 0 Å². The minimum atomic E-state index is -0.227. The lowest BCUT2D eigenvalue weighted by atomic mass is 9.95. The molecule has 0 aromatic rings. The molecule has 2 unspecified atom stereocenters. The molecule has 0 aromatic carbocycles. The van der Waals surface area contributed by atoms with Gasteiger partial charge in [-0.05, 0) is 39.5 Å². The summed E-state index contributed by atoms with van der Waals surface area (Å²) in [5.74, 6) is 0. The third kappa shape index (κ3) is 8.17. The van der Waals surface area contributed by atoms with E-state index < -0.39 is 0 Å². The van der Waals surface area contributed by atoms with Crippen molar-refractivity contribution in [3.8, 4) is 0 Å². The highest BCUT2D eigenvalue weighted by Crippen LogP contribution is 2.25. The van der Waals surface area contributed by atoms with Crippen LogP contribution in [0.2, 0.25) is 0 Å². The summed E-state index contributed by atoms with van der Waals surface area (Å²) in [5, 5.41) is 13.1. The fourth-order valence-corrected chi connectivity index (χ4v) is 2.27. The summed E-state index contributed by atoms with van der Waals surface area (Å²) >= 11 is 0. The number of hydrogen-bond acceptors (Lipinski definition) is 5. The Morgan fingerprint density at radius 3 is 2.60 bits per heavy atom. The van der Waals surface area contributed by atoms with Crippen molar-refractivity contribution in [1.29, 1.82) is 0 Å². The van der Waals surface area contributed by atoms with Gasteiger partial charge < -0.3 is 24.6 Å². The second-order valence-electron chi connectivity index (χ2n) is 5.98. The molecule has 0 amide bonds. The number of methoxy groups -OCH3 is 1. The van der Waals surface area contributed by atoms with Gasteiger partial charge in [-0.2, -0.15) is 0 Å². The molecule has 1 aliphatic carbocycles. The lowest BCUT2D eigenvalue weighted by Crippen LogP contribution is -2.49. The first-order valence-electron chi connectivity index (χ1n) is 7.66. The highest BCUT2D eigenvalue weighted by atomic mass is 16.5. The number of aliphatic hydroxyl groups is 1. The summed E-state index contributed by atoms with van der Waals surface area (Å²) in [4.78, 5) is 0. The summed E-state index contributed by atoms with van der Waals surface area (Å²) < 4.78 is 16.1. The van der Waals surface area contributed by atoms with Crippen molar-refractivity contribution in [3.05, 3.63) is 0 Å². The van der Waals surface area contributed by atoms with E-state index in [4.69, 9.17) is 14.2 Å². The zero-order valence-corrected chi connectivity index (χ0v) is 13.2. The van der Waals surface area contributed by atoms with Crippen LogP contribution in [0.5, 0.6) is 0 Å². The predicted octanol–water partition coefficient (Wildman–Crippen LogP) is 1.34. The summed E-state index contributed by atoms with van der Waals surface area (Å²) in [5.41, 5.74) is -0.227. The molecule has 120 valence electrons. The molecule has 2 N–H and O–H groups in total. The average Bonchev–Trinajstić information content (AvgIpc) is 3.21. The topological polar surface area (TPSA) is 60.0 Å². The zero-order chi connectivity index (χ0) is 14.8. The normalized spacial score (nSPS) is 19.8. The molecular formula is C15H31NO4. The molecule has 2 atom stereocenters. The molecule has 5 nitrogen and oxygen atoms in total. The Morgan fingerprint density at radius 2 is 2.00 bits per heavy atom. The van der Waals surface area contributed by atoms with Crippen molar-refractivity contribution in [2.45, 2.75) is 57.2 Å². The van der Waals surface area contributed by atoms with Crippen molar-refractivity contribution < 1.29 is 19.3 Å². The third-order valence-corrected chi connectivity index (χ3v) is 3.48. The van der Waals surface area contributed by atoms with E-state index in [0.29, 0.717) is 32.5 Å². The van der Waals surface area contributed by atoms with E-state index in [2.05, 4.69) is 19.2 Å². The summed E-state index contributed by atoms with van der Waals surface area (Å²) in [7, 11) is 1.67. The van der Waals surface area contributed by atoms with Crippen LogP contribution in [0.25, 0.3) is 0 Å². The van der Waals surface area contributed by atoms with Crippen molar-refractivity contribution in [2.75, 3.05) is 40.1 Å². The lowest BCUT2D eigenvalue weighted by molar-refractivity contribution is 0.00990. The van der Waals surface area contributed by atoms with Gasteiger partial charge >= 0.3 is 0 Å². The maximum Gasteiger partial charge on any atom is 0.0700 e. The first kappa shape index (κ1) is 17.9. The van der Waals surface area contributed by atoms with E-state index in [-0.39, 0.29) is 18.2 Å². The molecule has 0 spiro atoms. The van der Waals surface area contributed by atoms with Crippen LogP contribution in [0.1, 0.15) is 39.5 Å². The van der Waals surface area contributed by atoms with Crippen LogP contribution in [0, 0.1) is 0 Å². The lowest BCUT2D eigenvalue weighted by Gasteiger charge is -2.31. The molecule has 0 aromatic heterocycles. The van der Waals surface area contributed by atoms with Gasteiger partial charge in [-0.1, -0.05) is 0 Å². The van der Waals surface area contributed by atoms with E-state index in [1.54, 1.807) is 7.11 Å². The van der Waals surface area contributed by atoms with Gasteiger partial charge in [-0.3, -0.25) is 0 Å². The zero-order valence-electron chi connectivity index (χ0n) is 13.2. The molecule has 0 bridgehead atoms. The SMILES string of the molecule is COCCOCCCOC(C)CC(C)(CO)NC1CC1. The Kier molecular flexibility index (Phi) is 8.64. The number of nitrogens with one attached hydrogen (secondary N) is 1. The van der Waals surface area contributed by atoms with Crippen LogP contribution in [0.3, 0.4) is 0 Å².